The van der Waals surface area contributed by atoms with Gasteiger partial charge >= 0.3 is 0 Å². The molecule has 0 fully saturated rings. The predicted molar refractivity (Wildman–Crippen MR) is 64.5 cm³/mol. The van der Waals surface area contributed by atoms with Gasteiger partial charge in [0.15, 0.2) is 0 Å². The molecular formula is C11H7Cl2NO2. The summed E-state index contributed by atoms with van der Waals surface area (Å²) in [5, 5.41) is 0.388. The number of hydrogen-bond donors (Lipinski definition) is 1. The number of pyridine rings is 1. The molecule has 2 rings (SSSR count). The van der Waals surface area contributed by atoms with E-state index in [2.05, 4.69) is 4.98 Å². The van der Waals surface area contributed by atoms with Crippen molar-refractivity contribution in [3.05, 3.63) is 44.7 Å². The summed E-state index contributed by atoms with van der Waals surface area (Å²) in [4.78, 5) is 25.5. The highest BCUT2D eigenvalue weighted by atomic mass is 35.5. The van der Waals surface area contributed by atoms with Crippen LogP contribution in [0.4, 0.5) is 0 Å². The fraction of sp³-hybridized carbons (Fsp3) is 0.0909. The number of fused-ring (bicyclic) bond motifs is 1. The van der Waals surface area contributed by atoms with Crippen molar-refractivity contribution in [2.24, 2.45) is 0 Å². The van der Waals surface area contributed by atoms with Crippen molar-refractivity contribution in [2.75, 3.05) is 0 Å². The van der Waals surface area contributed by atoms with Gasteiger partial charge in [0.1, 0.15) is 0 Å². The normalized spacial score (nSPS) is 10.7. The number of benzene rings is 1. The van der Waals surface area contributed by atoms with Crippen LogP contribution in [-0.2, 0) is 0 Å². The molecule has 0 aliphatic rings. The summed E-state index contributed by atoms with van der Waals surface area (Å²) in [6.45, 7) is 1.55. The average Bonchev–Trinajstić information content (AvgIpc) is 2.20. The zero-order valence-corrected chi connectivity index (χ0v) is 9.82. The first-order chi connectivity index (χ1) is 7.50. The van der Waals surface area contributed by atoms with Crippen molar-refractivity contribution in [3.8, 4) is 0 Å². The minimum atomic E-state index is -0.657. The summed E-state index contributed by atoms with van der Waals surface area (Å²) < 4.78 is 0. The van der Waals surface area contributed by atoms with E-state index in [0.29, 0.717) is 21.5 Å². The Morgan fingerprint density at radius 3 is 2.69 bits per heavy atom. The van der Waals surface area contributed by atoms with Crippen LogP contribution in [0.15, 0.2) is 23.0 Å². The molecule has 5 heteroatoms. The minimum absolute atomic E-state index is 0.211. The SMILES string of the molecule is Cc1c(C(=O)Cl)c2cc(Cl)ccc2[nH]c1=O. The maximum Gasteiger partial charge on any atom is 0.253 e. The van der Waals surface area contributed by atoms with Gasteiger partial charge in [-0.1, -0.05) is 11.6 Å². The fourth-order valence-electron chi connectivity index (χ4n) is 1.62. The Bertz CT molecular complexity index is 646. The lowest BCUT2D eigenvalue weighted by molar-refractivity contribution is 0.108. The van der Waals surface area contributed by atoms with Gasteiger partial charge in [0.25, 0.3) is 10.8 Å². The largest absolute Gasteiger partial charge is 0.322 e. The third-order valence-corrected chi connectivity index (χ3v) is 2.84. The monoisotopic (exact) mass is 255 g/mol. The molecule has 0 atom stereocenters. The number of nitrogens with one attached hydrogen (secondary N) is 1. The summed E-state index contributed by atoms with van der Waals surface area (Å²) >= 11 is 11.3. The molecule has 0 saturated heterocycles. The van der Waals surface area contributed by atoms with Crippen molar-refractivity contribution in [2.45, 2.75) is 6.92 Å². The fourth-order valence-corrected chi connectivity index (χ4v) is 2.03. The number of hydrogen-bond acceptors (Lipinski definition) is 2. The highest BCUT2D eigenvalue weighted by Gasteiger charge is 2.14. The van der Waals surface area contributed by atoms with E-state index in [-0.39, 0.29) is 11.1 Å². The number of aromatic amines is 1. The predicted octanol–water partition coefficient (Wildman–Crippen LogP) is 2.87. The maximum absolute atomic E-state index is 11.5. The van der Waals surface area contributed by atoms with Crippen molar-refractivity contribution in [1.29, 1.82) is 0 Å². The van der Waals surface area contributed by atoms with Gasteiger partial charge in [-0.15, -0.1) is 0 Å². The molecule has 1 heterocycles. The van der Waals surface area contributed by atoms with E-state index in [9.17, 15) is 9.59 Å². The molecule has 0 saturated carbocycles. The zero-order chi connectivity index (χ0) is 11.9. The molecule has 2 aromatic rings. The van der Waals surface area contributed by atoms with Crippen LogP contribution in [0.2, 0.25) is 5.02 Å². The van der Waals surface area contributed by atoms with Gasteiger partial charge in [-0.2, -0.15) is 0 Å². The van der Waals surface area contributed by atoms with Crippen LogP contribution in [0.1, 0.15) is 15.9 Å². The van der Waals surface area contributed by atoms with Crippen molar-refractivity contribution in [1.82, 2.24) is 4.98 Å². The molecule has 1 aromatic heterocycles. The highest BCUT2D eigenvalue weighted by Crippen LogP contribution is 2.23. The van der Waals surface area contributed by atoms with Crippen LogP contribution in [0.3, 0.4) is 0 Å². The molecule has 82 valence electrons. The van der Waals surface area contributed by atoms with E-state index in [4.69, 9.17) is 23.2 Å². The lowest BCUT2D eigenvalue weighted by Crippen LogP contribution is -2.14. The molecule has 0 aliphatic heterocycles. The van der Waals surface area contributed by atoms with Gasteiger partial charge in [0.2, 0.25) is 0 Å². The van der Waals surface area contributed by atoms with E-state index in [1.54, 1.807) is 25.1 Å². The number of aromatic nitrogens is 1. The molecule has 0 unspecified atom stereocenters. The molecule has 1 N–H and O–H groups in total. The Kier molecular flexibility index (Phi) is 2.74. The van der Waals surface area contributed by atoms with Crippen LogP contribution < -0.4 is 5.56 Å². The summed E-state index contributed by atoms with van der Waals surface area (Å²) in [7, 11) is 0. The van der Waals surface area contributed by atoms with Gasteiger partial charge in [-0.05, 0) is 36.7 Å². The average molecular weight is 256 g/mol. The topological polar surface area (TPSA) is 49.9 Å². The first kappa shape index (κ1) is 11.2. The van der Waals surface area contributed by atoms with Gasteiger partial charge in [-0.3, -0.25) is 9.59 Å². The van der Waals surface area contributed by atoms with Crippen LogP contribution in [-0.4, -0.2) is 10.2 Å². The first-order valence-electron chi connectivity index (χ1n) is 4.52. The summed E-state index contributed by atoms with van der Waals surface area (Å²) in [5.74, 6) is 0. The lowest BCUT2D eigenvalue weighted by atomic mass is 10.1. The van der Waals surface area contributed by atoms with E-state index in [1.807, 2.05) is 0 Å². The standard InChI is InChI=1S/C11H7Cl2NO2/c1-5-9(10(13)15)7-4-6(12)2-3-8(7)14-11(5)16/h2-4H,1H3,(H,14,16). The van der Waals surface area contributed by atoms with Gasteiger partial charge in [0, 0.05) is 21.5 Å². The molecule has 0 radical (unpaired) electrons. The van der Waals surface area contributed by atoms with E-state index in [1.165, 1.54) is 0 Å². The van der Waals surface area contributed by atoms with Crippen molar-refractivity contribution < 1.29 is 4.79 Å². The van der Waals surface area contributed by atoms with Crippen LogP contribution in [0, 0.1) is 6.92 Å². The Morgan fingerprint density at radius 1 is 1.38 bits per heavy atom. The second kappa shape index (κ2) is 3.92. The number of rotatable bonds is 1. The zero-order valence-electron chi connectivity index (χ0n) is 8.30. The minimum Gasteiger partial charge on any atom is -0.322 e. The van der Waals surface area contributed by atoms with Crippen LogP contribution >= 0.6 is 23.2 Å². The Hall–Kier alpha value is -1.32. The van der Waals surface area contributed by atoms with Crippen LogP contribution in [0.25, 0.3) is 10.9 Å². The Labute approximate surface area is 101 Å². The van der Waals surface area contributed by atoms with Crippen molar-refractivity contribution in [3.63, 3.8) is 0 Å². The second-order valence-electron chi connectivity index (χ2n) is 3.42. The Balaban J connectivity index is 3.02. The molecule has 0 bridgehead atoms. The number of carbonyl (C=O) groups is 1. The maximum atomic E-state index is 11.5. The second-order valence-corrected chi connectivity index (χ2v) is 4.20. The highest BCUT2D eigenvalue weighted by molar-refractivity contribution is 6.68. The van der Waals surface area contributed by atoms with Gasteiger partial charge < -0.3 is 4.98 Å². The molecule has 0 spiro atoms. The molecule has 16 heavy (non-hydrogen) atoms. The van der Waals surface area contributed by atoms with Gasteiger partial charge in [0.05, 0.1) is 5.56 Å². The van der Waals surface area contributed by atoms with Crippen molar-refractivity contribution >= 4 is 39.3 Å². The van der Waals surface area contributed by atoms with E-state index >= 15 is 0 Å². The third kappa shape index (κ3) is 1.72. The Morgan fingerprint density at radius 2 is 2.06 bits per heavy atom. The first-order valence-corrected chi connectivity index (χ1v) is 5.28. The molecule has 0 aliphatic carbocycles. The molecule has 1 aromatic carbocycles. The van der Waals surface area contributed by atoms with Crippen LogP contribution in [0.5, 0.6) is 0 Å². The molecule has 0 amide bonds. The van der Waals surface area contributed by atoms with E-state index in [0.717, 1.165) is 0 Å². The number of carbonyl (C=O) groups excluding carboxylic acids is 1. The molecular weight excluding hydrogens is 249 g/mol. The lowest BCUT2D eigenvalue weighted by Gasteiger charge is -2.05. The van der Waals surface area contributed by atoms with E-state index < -0.39 is 5.24 Å². The molecule has 3 nitrogen and oxygen atoms in total. The quantitative estimate of drug-likeness (QED) is 0.797. The summed E-state index contributed by atoms with van der Waals surface area (Å²) in [6, 6.07) is 4.88. The smallest absolute Gasteiger partial charge is 0.253 e. The summed E-state index contributed by atoms with van der Waals surface area (Å²) in [6.07, 6.45) is 0. The third-order valence-electron chi connectivity index (χ3n) is 2.41. The summed E-state index contributed by atoms with van der Waals surface area (Å²) in [5.41, 5.74) is 0.737. The number of halogens is 2. The number of H-pyrrole nitrogens is 1. The van der Waals surface area contributed by atoms with Gasteiger partial charge in [-0.25, -0.2) is 0 Å².